The number of fused-ring (bicyclic) bond motifs is 1. The van der Waals surface area contributed by atoms with E-state index >= 15 is 0 Å². The summed E-state index contributed by atoms with van der Waals surface area (Å²) in [5.41, 5.74) is 2.85. The lowest BCUT2D eigenvalue weighted by Crippen LogP contribution is -2.15. The van der Waals surface area contributed by atoms with Crippen LogP contribution in [0.5, 0.6) is 0 Å². The molecule has 0 fully saturated rings. The Morgan fingerprint density at radius 3 is 2.52 bits per heavy atom. The molecule has 4 rings (SSSR count). The van der Waals surface area contributed by atoms with Gasteiger partial charge >= 0.3 is 5.97 Å². The number of nitrogens with zero attached hydrogens (tertiary/aromatic N) is 3. The highest BCUT2D eigenvalue weighted by atomic mass is 16.4. The van der Waals surface area contributed by atoms with Crippen LogP contribution in [0.15, 0.2) is 62.4 Å². The van der Waals surface area contributed by atoms with Crippen LogP contribution in [-0.2, 0) is 0 Å². The highest BCUT2D eigenvalue weighted by Gasteiger charge is 2.15. The molecule has 4 aromatic rings. The average Bonchev–Trinajstić information content (AvgIpc) is 3.02. The first-order chi connectivity index (χ1) is 14.8. The number of para-hydroxylation sites is 1. The van der Waals surface area contributed by atoms with Crippen LogP contribution in [0.2, 0.25) is 0 Å². The lowest BCUT2D eigenvalue weighted by atomic mass is 10.1. The summed E-state index contributed by atoms with van der Waals surface area (Å²) < 4.78 is 1.40. The number of hydrogen-bond acceptors (Lipinski definition) is 5. The summed E-state index contributed by atoms with van der Waals surface area (Å²) in [6.07, 6.45) is 1.13. The van der Waals surface area contributed by atoms with E-state index in [1.165, 1.54) is 10.7 Å². The monoisotopic (exact) mass is 417 g/mol. The van der Waals surface area contributed by atoms with Crippen molar-refractivity contribution in [1.29, 1.82) is 0 Å². The number of aromatic carboxylic acids is 1. The Bertz CT molecular complexity index is 1490. The minimum Gasteiger partial charge on any atom is -0.477 e. The molecule has 0 aliphatic rings. The lowest BCUT2D eigenvalue weighted by molar-refractivity contribution is 0.0695. The SMILES string of the molecule is Cc1ccc(-n2[nH]c(C)c(N=Nc3cccc4c(=O)c(C(=O)O)c[nH]c34)c2=O)cc1C. The summed E-state index contributed by atoms with van der Waals surface area (Å²) in [6, 6.07) is 10.4. The largest absolute Gasteiger partial charge is 0.477 e. The zero-order valence-electron chi connectivity index (χ0n) is 17.1. The van der Waals surface area contributed by atoms with Crippen LogP contribution in [-0.4, -0.2) is 25.8 Å². The third-order valence-electron chi connectivity index (χ3n) is 5.17. The van der Waals surface area contributed by atoms with E-state index in [4.69, 9.17) is 5.11 Å². The minimum atomic E-state index is -1.31. The van der Waals surface area contributed by atoms with Crippen LogP contribution in [0, 0.1) is 20.8 Å². The third kappa shape index (κ3) is 3.46. The topological polar surface area (TPSA) is 133 Å². The number of pyridine rings is 1. The average molecular weight is 417 g/mol. The van der Waals surface area contributed by atoms with E-state index in [2.05, 4.69) is 20.3 Å². The van der Waals surface area contributed by atoms with Gasteiger partial charge in [-0.05, 0) is 56.2 Å². The van der Waals surface area contributed by atoms with Crippen LogP contribution < -0.4 is 11.0 Å². The number of nitrogens with one attached hydrogen (secondary N) is 2. The van der Waals surface area contributed by atoms with E-state index in [0.717, 1.165) is 17.3 Å². The Morgan fingerprint density at radius 2 is 1.81 bits per heavy atom. The number of benzene rings is 2. The van der Waals surface area contributed by atoms with E-state index in [9.17, 15) is 14.4 Å². The molecule has 0 saturated carbocycles. The molecule has 2 aromatic heterocycles. The molecule has 2 aromatic carbocycles. The second kappa shape index (κ2) is 7.52. The van der Waals surface area contributed by atoms with Crippen molar-refractivity contribution in [3.05, 3.63) is 85.6 Å². The van der Waals surface area contributed by atoms with Gasteiger partial charge in [-0.25, -0.2) is 9.48 Å². The summed E-state index contributed by atoms with van der Waals surface area (Å²) in [7, 11) is 0. The molecule has 0 atom stereocenters. The van der Waals surface area contributed by atoms with Gasteiger partial charge in [0.1, 0.15) is 11.3 Å². The van der Waals surface area contributed by atoms with Gasteiger partial charge in [0.25, 0.3) is 5.56 Å². The molecule has 156 valence electrons. The minimum absolute atomic E-state index is 0.139. The lowest BCUT2D eigenvalue weighted by Gasteiger charge is -2.05. The van der Waals surface area contributed by atoms with Crippen LogP contribution in [0.1, 0.15) is 27.2 Å². The van der Waals surface area contributed by atoms with Gasteiger partial charge in [-0.15, -0.1) is 10.2 Å². The van der Waals surface area contributed by atoms with Gasteiger partial charge in [-0.2, -0.15) is 0 Å². The Labute approximate surface area is 175 Å². The highest BCUT2D eigenvalue weighted by Crippen LogP contribution is 2.25. The molecule has 0 aliphatic carbocycles. The fraction of sp³-hybridized carbons (Fsp3) is 0.136. The zero-order valence-corrected chi connectivity index (χ0v) is 17.1. The molecule has 2 heterocycles. The fourth-order valence-electron chi connectivity index (χ4n) is 3.28. The van der Waals surface area contributed by atoms with Crippen LogP contribution in [0.3, 0.4) is 0 Å². The van der Waals surface area contributed by atoms with Crippen molar-refractivity contribution in [1.82, 2.24) is 14.8 Å². The van der Waals surface area contributed by atoms with Crippen molar-refractivity contribution >= 4 is 28.2 Å². The van der Waals surface area contributed by atoms with Crippen molar-refractivity contribution in [2.75, 3.05) is 0 Å². The zero-order chi connectivity index (χ0) is 22.3. The van der Waals surface area contributed by atoms with Crippen LogP contribution in [0.25, 0.3) is 16.6 Å². The maximum Gasteiger partial charge on any atom is 0.341 e. The molecular weight excluding hydrogens is 398 g/mol. The number of hydrogen-bond donors (Lipinski definition) is 3. The molecule has 3 N–H and O–H groups in total. The first-order valence-electron chi connectivity index (χ1n) is 9.46. The molecule has 0 radical (unpaired) electrons. The Balaban J connectivity index is 1.78. The van der Waals surface area contributed by atoms with E-state index in [1.807, 2.05) is 32.0 Å². The molecule has 0 amide bonds. The van der Waals surface area contributed by atoms with Crippen LogP contribution in [0.4, 0.5) is 11.4 Å². The number of carbonyl (C=O) groups is 1. The summed E-state index contributed by atoms with van der Waals surface area (Å²) in [4.78, 5) is 39.3. The van der Waals surface area contributed by atoms with Gasteiger partial charge in [-0.3, -0.25) is 14.7 Å². The number of carboxylic acid groups (broad SMARTS) is 1. The first-order valence-corrected chi connectivity index (χ1v) is 9.46. The molecule has 0 bridgehead atoms. The maximum atomic E-state index is 12.9. The standard InChI is InChI=1S/C22H19N5O4/c1-11-7-8-14(9-12(11)2)27-21(29)18(13(3)26-27)25-24-17-6-4-5-15-19(17)23-10-16(20(15)28)22(30)31/h4-10,26H,1-3H3,(H,23,28)(H,30,31). The molecular formula is C22H19N5O4. The van der Waals surface area contributed by atoms with Gasteiger partial charge < -0.3 is 10.1 Å². The number of aromatic amines is 2. The molecule has 9 heteroatoms. The molecule has 0 saturated heterocycles. The smallest absolute Gasteiger partial charge is 0.341 e. The van der Waals surface area contributed by atoms with Gasteiger partial charge in [0.05, 0.1) is 16.9 Å². The first kappa shape index (κ1) is 20.0. The second-order valence-electron chi connectivity index (χ2n) is 7.23. The molecule has 0 aliphatic heterocycles. The predicted molar refractivity (Wildman–Crippen MR) is 116 cm³/mol. The summed E-state index contributed by atoms with van der Waals surface area (Å²) >= 11 is 0. The molecule has 0 unspecified atom stereocenters. The van der Waals surface area contributed by atoms with Crippen molar-refractivity contribution in [3.63, 3.8) is 0 Å². The summed E-state index contributed by atoms with van der Waals surface area (Å²) in [5, 5.41) is 20.6. The normalized spacial score (nSPS) is 11.5. The van der Waals surface area contributed by atoms with E-state index in [-0.39, 0.29) is 22.2 Å². The van der Waals surface area contributed by atoms with Gasteiger partial charge in [-0.1, -0.05) is 12.1 Å². The second-order valence-corrected chi connectivity index (χ2v) is 7.23. The van der Waals surface area contributed by atoms with Crippen LogP contribution >= 0.6 is 0 Å². The predicted octanol–water partition coefficient (Wildman–Crippen LogP) is 4.05. The summed E-state index contributed by atoms with van der Waals surface area (Å²) in [6.45, 7) is 5.68. The number of carboxylic acids is 1. The van der Waals surface area contributed by atoms with Crippen molar-refractivity contribution < 1.29 is 9.90 Å². The van der Waals surface area contributed by atoms with E-state index in [1.54, 1.807) is 19.1 Å². The number of azo groups is 1. The third-order valence-corrected chi connectivity index (χ3v) is 5.17. The summed E-state index contributed by atoms with van der Waals surface area (Å²) in [5.74, 6) is -1.31. The molecule has 9 nitrogen and oxygen atoms in total. The highest BCUT2D eigenvalue weighted by molar-refractivity contribution is 5.95. The van der Waals surface area contributed by atoms with Crippen molar-refractivity contribution in [3.8, 4) is 5.69 Å². The van der Waals surface area contributed by atoms with E-state index < -0.39 is 11.4 Å². The Hall–Kier alpha value is -4.27. The molecule has 31 heavy (non-hydrogen) atoms. The van der Waals surface area contributed by atoms with Gasteiger partial charge in [0, 0.05) is 11.6 Å². The van der Waals surface area contributed by atoms with Crippen molar-refractivity contribution in [2.24, 2.45) is 10.2 Å². The number of aryl methyl sites for hydroxylation is 3. The van der Waals surface area contributed by atoms with Gasteiger partial charge in [0.2, 0.25) is 5.43 Å². The number of H-pyrrole nitrogens is 2. The Kier molecular flexibility index (Phi) is 4.86. The maximum absolute atomic E-state index is 12.9. The quantitative estimate of drug-likeness (QED) is 0.432. The fourth-order valence-corrected chi connectivity index (χ4v) is 3.28. The Morgan fingerprint density at radius 1 is 1.03 bits per heavy atom. The number of rotatable bonds is 4. The van der Waals surface area contributed by atoms with E-state index in [0.29, 0.717) is 22.6 Å². The van der Waals surface area contributed by atoms with Crippen molar-refractivity contribution in [2.45, 2.75) is 20.8 Å². The molecule has 0 spiro atoms. The number of aromatic nitrogens is 3. The van der Waals surface area contributed by atoms with Gasteiger partial charge in [0.15, 0.2) is 5.69 Å².